The highest BCUT2D eigenvalue weighted by Gasteiger charge is 2.39. The second-order valence-corrected chi connectivity index (χ2v) is 7.64. The van der Waals surface area contributed by atoms with Crippen LogP contribution in [0.4, 0.5) is 17.6 Å². The average molecular weight is 457 g/mol. The van der Waals surface area contributed by atoms with Crippen LogP contribution in [0.3, 0.4) is 0 Å². The molecule has 0 radical (unpaired) electrons. The number of ether oxygens (including phenoxy) is 1. The number of aliphatic carboxylic acids is 1. The van der Waals surface area contributed by atoms with Gasteiger partial charge in [-0.25, -0.2) is 9.18 Å². The van der Waals surface area contributed by atoms with E-state index in [9.17, 15) is 22.4 Å². The fraction of sp³-hybridized carbons (Fsp3) is 0.429. The molecule has 174 valence electrons. The fourth-order valence-electron chi connectivity index (χ4n) is 3.84. The normalized spacial score (nSPS) is 20.8. The molecule has 4 rings (SSSR count). The standard InChI is InChI=1S/C19H22FN3O2.C2HF3O2/c1-21-7-3-6-18(21)19(24)23-9-8-22-13-17(11-15(22)12-23)25-16-5-2-4-14(20)10-16;3-2(4,5)1(6)7/h2-7,10,15,17H,8-9,11-13H2,1H3;(H,6,7)/t15-,17+;/m0./s1. The first kappa shape index (κ1) is 23.6. The minimum atomic E-state index is -5.08. The highest BCUT2D eigenvalue weighted by molar-refractivity contribution is 5.92. The Morgan fingerprint density at radius 1 is 1.12 bits per heavy atom. The minimum absolute atomic E-state index is 0.0388. The highest BCUT2D eigenvalue weighted by Crippen LogP contribution is 2.26. The Kier molecular flexibility index (Phi) is 7.07. The number of benzene rings is 1. The smallest absolute Gasteiger partial charge is 0.489 e. The second-order valence-electron chi connectivity index (χ2n) is 7.64. The van der Waals surface area contributed by atoms with Crippen LogP contribution in [0.15, 0.2) is 42.6 Å². The summed E-state index contributed by atoms with van der Waals surface area (Å²) >= 11 is 0. The van der Waals surface area contributed by atoms with Crippen molar-refractivity contribution in [2.75, 3.05) is 26.2 Å². The lowest BCUT2D eigenvalue weighted by molar-refractivity contribution is -0.192. The number of hydrogen-bond acceptors (Lipinski definition) is 4. The number of piperazine rings is 1. The molecule has 0 spiro atoms. The quantitative estimate of drug-likeness (QED) is 0.718. The Bertz CT molecular complexity index is 963. The van der Waals surface area contributed by atoms with Crippen molar-refractivity contribution in [2.45, 2.75) is 24.7 Å². The molecule has 2 fully saturated rings. The van der Waals surface area contributed by atoms with Crippen LogP contribution in [0.2, 0.25) is 0 Å². The van der Waals surface area contributed by atoms with Crippen molar-refractivity contribution in [1.82, 2.24) is 14.4 Å². The summed E-state index contributed by atoms with van der Waals surface area (Å²) in [6, 6.07) is 10.3. The van der Waals surface area contributed by atoms with Gasteiger partial charge in [0.15, 0.2) is 0 Å². The number of carbonyl (C=O) groups is 2. The van der Waals surface area contributed by atoms with Crippen LogP contribution >= 0.6 is 0 Å². The number of aromatic nitrogens is 1. The van der Waals surface area contributed by atoms with E-state index < -0.39 is 12.1 Å². The number of alkyl halides is 3. The summed E-state index contributed by atoms with van der Waals surface area (Å²) in [5, 5.41) is 7.12. The molecule has 1 aromatic carbocycles. The number of aryl methyl sites for hydroxylation is 1. The number of carboxylic acid groups (broad SMARTS) is 1. The van der Waals surface area contributed by atoms with E-state index in [2.05, 4.69) is 4.90 Å². The van der Waals surface area contributed by atoms with Gasteiger partial charge in [-0.15, -0.1) is 0 Å². The van der Waals surface area contributed by atoms with Crippen LogP contribution in [-0.4, -0.2) is 75.9 Å². The average Bonchev–Trinajstić information content (AvgIpc) is 3.32. The first-order chi connectivity index (χ1) is 15.0. The van der Waals surface area contributed by atoms with E-state index >= 15 is 0 Å². The molecule has 0 aliphatic carbocycles. The summed E-state index contributed by atoms with van der Waals surface area (Å²) in [7, 11) is 1.89. The summed E-state index contributed by atoms with van der Waals surface area (Å²) in [5.41, 5.74) is 0.721. The first-order valence-corrected chi connectivity index (χ1v) is 9.91. The molecule has 32 heavy (non-hydrogen) atoms. The van der Waals surface area contributed by atoms with Gasteiger partial charge in [0.1, 0.15) is 23.4 Å². The van der Waals surface area contributed by atoms with Crippen molar-refractivity contribution in [3.63, 3.8) is 0 Å². The minimum Gasteiger partial charge on any atom is -0.489 e. The number of fused-ring (bicyclic) bond motifs is 1. The largest absolute Gasteiger partial charge is 0.490 e. The van der Waals surface area contributed by atoms with Gasteiger partial charge in [-0.05, 0) is 24.3 Å². The third-order valence-electron chi connectivity index (χ3n) is 5.37. The van der Waals surface area contributed by atoms with Crippen molar-refractivity contribution in [3.8, 4) is 5.75 Å². The molecule has 0 bridgehead atoms. The van der Waals surface area contributed by atoms with E-state index in [4.69, 9.17) is 14.6 Å². The van der Waals surface area contributed by atoms with Crippen molar-refractivity contribution < 1.29 is 37.0 Å². The zero-order chi connectivity index (χ0) is 23.5. The summed E-state index contributed by atoms with van der Waals surface area (Å²) in [6.07, 6.45) is -2.30. The molecule has 0 saturated carbocycles. The fourth-order valence-corrected chi connectivity index (χ4v) is 3.84. The maximum absolute atomic E-state index is 13.3. The van der Waals surface area contributed by atoms with Gasteiger partial charge in [0.2, 0.25) is 0 Å². The lowest BCUT2D eigenvalue weighted by Crippen LogP contribution is -2.52. The van der Waals surface area contributed by atoms with Gasteiger partial charge in [0.05, 0.1) is 0 Å². The number of rotatable bonds is 3. The Labute approximate surface area is 181 Å². The van der Waals surface area contributed by atoms with Crippen LogP contribution in [0.5, 0.6) is 5.75 Å². The number of nitrogens with zero attached hydrogens (tertiary/aromatic N) is 3. The van der Waals surface area contributed by atoms with Crippen LogP contribution < -0.4 is 4.74 Å². The van der Waals surface area contributed by atoms with Crippen molar-refractivity contribution in [2.24, 2.45) is 7.05 Å². The van der Waals surface area contributed by atoms with Gasteiger partial charge in [0.25, 0.3) is 5.91 Å². The molecular weight excluding hydrogens is 434 g/mol. The maximum Gasteiger partial charge on any atom is 0.490 e. The van der Waals surface area contributed by atoms with Gasteiger partial charge in [-0.3, -0.25) is 9.69 Å². The molecule has 2 aliphatic heterocycles. The summed E-state index contributed by atoms with van der Waals surface area (Å²) in [6.45, 7) is 3.12. The van der Waals surface area contributed by atoms with Crippen molar-refractivity contribution in [3.05, 3.63) is 54.1 Å². The van der Waals surface area contributed by atoms with Crippen LogP contribution in [-0.2, 0) is 11.8 Å². The molecule has 11 heteroatoms. The van der Waals surface area contributed by atoms with E-state index in [1.165, 1.54) is 12.1 Å². The summed E-state index contributed by atoms with van der Waals surface area (Å²) in [5.74, 6) is -2.39. The van der Waals surface area contributed by atoms with Gasteiger partial charge < -0.3 is 19.3 Å². The molecular formula is C21H23F4N3O4. The first-order valence-electron chi connectivity index (χ1n) is 9.91. The summed E-state index contributed by atoms with van der Waals surface area (Å²) < 4.78 is 52.8. The van der Waals surface area contributed by atoms with Crippen LogP contribution in [0, 0.1) is 5.82 Å². The van der Waals surface area contributed by atoms with Crippen LogP contribution in [0.1, 0.15) is 16.9 Å². The molecule has 2 atom stereocenters. The molecule has 1 aromatic heterocycles. The zero-order valence-electron chi connectivity index (χ0n) is 17.3. The number of hydrogen-bond donors (Lipinski definition) is 1. The van der Waals surface area contributed by atoms with E-state index in [-0.39, 0.29) is 17.8 Å². The maximum atomic E-state index is 13.3. The molecule has 2 aromatic rings. The number of carboxylic acids is 1. The summed E-state index contributed by atoms with van der Waals surface area (Å²) in [4.78, 5) is 25.9. The van der Waals surface area contributed by atoms with Gasteiger partial charge in [-0.1, -0.05) is 6.07 Å². The molecule has 1 N–H and O–H groups in total. The predicted octanol–water partition coefficient (Wildman–Crippen LogP) is 2.78. The number of halogens is 4. The zero-order valence-corrected chi connectivity index (χ0v) is 17.3. The number of amides is 1. The van der Waals surface area contributed by atoms with E-state index in [1.54, 1.807) is 12.1 Å². The van der Waals surface area contributed by atoms with E-state index in [1.807, 2.05) is 34.8 Å². The Balaban J connectivity index is 0.000000360. The third-order valence-corrected chi connectivity index (χ3v) is 5.37. The Morgan fingerprint density at radius 3 is 2.44 bits per heavy atom. The topological polar surface area (TPSA) is 75.0 Å². The molecule has 2 aliphatic rings. The molecule has 3 heterocycles. The number of carbonyl (C=O) groups excluding carboxylic acids is 1. The predicted molar refractivity (Wildman–Crippen MR) is 106 cm³/mol. The van der Waals surface area contributed by atoms with Crippen molar-refractivity contribution >= 4 is 11.9 Å². The van der Waals surface area contributed by atoms with Gasteiger partial charge in [-0.2, -0.15) is 13.2 Å². The lowest BCUT2D eigenvalue weighted by atomic mass is 10.1. The van der Waals surface area contributed by atoms with Crippen molar-refractivity contribution in [1.29, 1.82) is 0 Å². The molecule has 1 amide bonds. The third kappa shape index (κ3) is 5.78. The monoisotopic (exact) mass is 457 g/mol. The van der Waals surface area contributed by atoms with E-state index in [0.717, 1.165) is 31.7 Å². The van der Waals surface area contributed by atoms with E-state index in [0.29, 0.717) is 18.3 Å². The second kappa shape index (κ2) is 9.60. The Hall–Kier alpha value is -3.08. The SMILES string of the molecule is Cn1cccc1C(=O)N1CCN2C[C@H](Oc3cccc(F)c3)C[C@H]2C1.O=C(O)C(F)(F)F. The molecule has 2 saturated heterocycles. The lowest BCUT2D eigenvalue weighted by Gasteiger charge is -2.37. The molecule has 7 nitrogen and oxygen atoms in total. The van der Waals surface area contributed by atoms with Gasteiger partial charge >= 0.3 is 12.1 Å². The molecule has 0 unspecified atom stereocenters. The Morgan fingerprint density at radius 2 is 1.84 bits per heavy atom. The van der Waals surface area contributed by atoms with Gasteiger partial charge in [0, 0.05) is 58.0 Å². The van der Waals surface area contributed by atoms with Crippen LogP contribution in [0.25, 0.3) is 0 Å². The highest BCUT2D eigenvalue weighted by atomic mass is 19.4.